The maximum atomic E-state index is 12.8. The maximum absolute atomic E-state index is 12.8. The van der Waals surface area contributed by atoms with Gasteiger partial charge in [0, 0.05) is 24.0 Å². The van der Waals surface area contributed by atoms with Crippen LogP contribution in [0.15, 0.2) is 42.1 Å². The van der Waals surface area contributed by atoms with Crippen LogP contribution in [-0.4, -0.2) is 21.5 Å². The molecule has 0 unspecified atom stereocenters. The first-order valence-electron chi connectivity index (χ1n) is 7.17. The quantitative estimate of drug-likeness (QED) is 0.509. The van der Waals surface area contributed by atoms with Crippen molar-refractivity contribution in [2.45, 2.75) is 6.92 Å². The van der Waals surface area contributed by atoms with Gasteiger partial charge < -0.3 is 4.57 Å². The van der Waals surface area contributed by atoms with Gasteiger partial charge in [-0.25, -0.2) is 0 Å². The monoisotopic (exact) mass is 359 g/mol. The summed E-state index contributed by atoms with van der Waals surface area (Å²) < 4.78 is 1.81. The molecule has 122 valence electrons. The van der Waals surface area contributed by atoms with Crippen molar-refractivity contribution in [2.24, 2.45) is 7.05 Å². The van der Waals surface area contributed by atoms with Crippen molar-refractivity contribution in [1.82, 2.24) is 9.88 Å². The van der Waals surface area contributed by atoms with E-state index in [-0.39, 0.29) is 10.7 Å². The van der Waals surface area contributed by atoms with Crippen molar-refractivity contribution < 1.29 is 9.59 Å². The van der Waals surface area contributed by atoms with Gasteiger partial charge in [-0.15, -0.1) is 0 Å². The second kappa shape index (κ2) is 6.22. The standard InChI is InChI=1S/C17H14ClN3O2S/c1-10-5-6-12(9-14(10)18)21-16(23)13(15(22)19-17(21)24)8-11-4-3-7-20(11)2/h3-9H,1-2H3,(H,19,22,24)/b13-8+. The highest BCUT2D eigenvalue weighted by Gasteiger charge is 2.34. The molecular weight excluding hydrogens is 346 g/mol. The largest absolute Gasteiger partial charge is 0.351 e. The Hall–Kier alpha value is -2.44. The van der Waals surface area contributed by atoms with E-state index in [1.807, 2.05) is 36.9 Å². The first-order chi connectivity index (χ1) is 11.4. The lowest BCUT2D eigenvalue weighted by Crippen LogP contribution is -2.54. The van der Waals surface area contributed by atoms with Crippen molar-refractivity contribution in [3.8, 4) is 0 Å². The number of nitrogens with zero attached hydrogens (tertiary/aromatic N) is 2. The number of carbonyl (C=O) groups excluding carboxylic acids is 2. The first-order valence-corrected chi connectivity index (χ1v) is 7.96. The van der Waals surface area contributed by atoms with Gasteiger partial charge in [-0.3, -0.25) is 19.8 Å². The van der Waals surface area contributed by atoms with E-state index in [1.165, 1.54) is 4.90 Å². The Labute approximate surface area is 149 Å². The Morgan fingerprint density at radius 3 is 2.62 bits per heavy atom. The molecule has 0 atom stereocenters. The van der Waals surface area contributed by atoms with Crippen LogP contribution in [0.1, 0.15) is 11.3 Å². The first kappa shape index (κ1) is 16.4. The van der Waals surface area contributed by atoms with Gasteiger partial charge in [-0.05, 0) is 55.0 Å². The second-order valence-electron chi connectivity index (χ2n) is 5.44. The summed E-state index contributed by atoms with van der Waals surface area (Å²) in [5.41, 5.74) is 2.16. The molecule has 0 radical (unpaired) electrons. The third-order valence-corrected chi connectivity index (χ3v) is 4.48. The minimum absolute atomic E-state index is 0.0158. The van der Waals surface area contributed by atoms with Crippen molar-refractivity contribution in [3.05, 3.63) is 58.4 Å². The van der Waals surface area contributed by atoms with Gasteiger partial charge in [-0.1, -0.05) is 17.7 Å². The number of carbonyl (C=O) groups is 2. The van der Waals surface area contributed by atoms with Gasteiger partial charge in [0.05, 0.1) is 5.69 Å². The van der Waals surface area contributed by atoms with E-state index in [0.717, 1.165) is 11.3 Å². The van der Waals surface area contributed by atoms with Gasteiger partial charge >= 0.3 is 0 Å². The van der Waals surface area contributed by atoms with Gasteiger partial charge in [0.15, 0.2) is 5.11 Å². The van der Waals surface area contributed by atoms with Gasteiger partial charge in [0.25, 0.3) is 11.8 Å². The highest BCUT2D eigenvalue weighted by atomic mass is 35.5. The predicted octanol–water partition coefficient (Wildman–Crippen LogP) is 2.82. The Morgan fingerprint density at radius 1 is 1.25 bits per heavy atom. The van der Waals surface area contributed by atoms with Gasteiger partial charge in [0.2, 0.25) is 0 Å². The smallest absolute Gasteiger partial charge is 0.270 e. The van der Waals surface area contributed by atoms with Crippen LogP contribution in [0.25, 0.3) is 6.08 Å². The summed E-state index contributed by atoms with van der Waals surface area (Å²) in [6, 6.07) is 8.83. The van der Waals surface area contributed by atoms with Crippen molar-refractivity contribution >= 4 is 52.5 Å². The number of anilines is 1. The Kier molecular flexibility index (Phi) is 4.26. The molecule has 2 heterocycles. The fourth-order valence-corrected chi connectivity index (χ4v) is 2.84. The fraction of sp³-hybridized carbons (Fsp3) is 0.118. The van der Waals surface area contributed by atoms with Crippen LogP contribution >= 0.6 is 23.8 Å². The van der Waals surface area contributed by atoms with E-state index in [0.29, 0.717) is 10.7 Å². The van der Waals surface area contributed by atoms with E-state index in [1.54, 1.807) is 24.3 Å². The number of nitrogens with one attached hydrogen (secondary N) is 1. The summed E-state index contributed by atoms with van der Waals surface area (Å²) in [6.45, 7) is 1.87. The van der Waals surface area contributed by atoms with Crippen molar-refractivity contribution in [2.75, 3.05) is 4.90 Å². The number of rotatable bonds is 2. The second-order valence-corrected chi connectivity index (χ2v) is 6.23. The summed E-state index contributed by atoms with van der Waals surface area (Å²) in [4.78, 5) is 26.3. The third-order valence-electron chi connectivity index (χ3n) is 3.79. The SMILES string of the molecule is Cc1ccc(N2C(=O)/C(=C/c3cccn3C)C(=O)NC2=S)cc1Cl. The molecule has 1 aliphatic heterocycles. The number of amides is 2. The van der Waals surface area contributed by atoms with Crippen LogP contribution in [-0.2, 0) is 16.6 Å². The maximum Gasteiger partial charge on any atom is 0.270 e. The van der Waals surface area contributed by atoms with E-state index < -0.39 is 11.8 Å². The molecule has 2 aromatic rings. The Morgan fingerprint density at radius 2 is 2.00 bits per heavy atom. The number of halogens is 1. The molecule has 3 rings (SSSR count). The predicted molar refractivity (Wildman–Crippen MR) is 97.8 cm³/mol. The molecule has 0 spiro atoms. The molecule has 0 aliphatic carbocycles. The summed E-state index contributed by atoms with van der Waals surface area (Å²) in [7, 11) is 1.83. The topological polar surface area (TPSA) is 54.3 Å². The van der Waals surface area contributed by atoms with Crippen molar-refractivity contribution in [1.29, 1.82) is 0 Å². The van der Waals surface area contributed by atoms with Crippen LogP contribution in [0.2, 0.25) is 5.02 Å². The number of thiocarbonyl (C=S) groups is 1. The van der Waals surface area contributed by atoms with E-state index in [4.69, 9.17) is 23.8 Å². The highest BCUT2D eigenvalue weighted by Crippen LogP contribution is 2.26. The van der Waals surface area contributed by atoms with Gasteiger partial charge in [0.1, 0.15) is 5.57 Å². The molecule has 1 aromatic heterocycles. The summed E-state index contributed by atoms with van der Waals surface area (Å²) in [6.07, 6.45) is 3.38. The minimum Gasteiger partial charge on any atom is -0.351 e. The number of aromatic nitrogens is 1. The summed E-state index contributed by atoms with van der Waals surface area (Å²) >= 11 is 11.3. The summed E-state index contributed by atoms with van der Waals surface area (Å²) in [5, 5.41) is 3.11. The molecule has 7 heteroatoms. The lowest BCUT2D eigenvalue weighted by molar-refractivity contribution is -0.122. The molecule has 1 N–H and O–H groups in total. The number of benzene rings is 1. The van der Waals surface area contributed by atoms with E-state index >= 15 is 0 Å². The van der Waals surface area contributed by atoms with Gasteiger partial charge in [-0.2, -0.15) is 0 Å². The molecular formula is C17H14ClN3O2S. The van der Waals surface area contributed by atoms with Crippen LogP contribution in [0.3, 0.4) is 0 Å². The number of hydrogen-bond donors (Lipinski definition) is 1. The minimum atomic E-state index is -0.513. The zero-order chi connectivity index (χ0) is 17.4. The molecule has 0 bridgehead atoms. The van der Waals surface area contributed by atoms with Crippen molar-refractivity contribution in [3.63, 3.8) is 0 Å². The van der Waals surface area contributed by atoms with Crippen LogP contribution in [0.4, 0.5) is 5.69 Å². The lowest BCUT2D eigenvalue weighted by Gasteiger charge is -2.29. The number of aryl methyl sites for hydroxylation is 2. The van der Waals surface area contributed by atoms with Crippen LogP contribution in [0.5, 0.6) is 0 Å². The molecule has 1 aliphatic rings. The normalized spacial score (nSPS) is 16.7. The Balaban J connectivity index is 2.04. The lowest BCUT2D eigenvalue weighted by atomic mass is 10.1. The highest BCUT2D eigenvalue weighted by molar-refractivity contribution is 7.80. The van der Waals surface area contributed by atoms with Crippen LogP contribution in [0, 0.1) is 6.92 Å². The van der Waals surface area contributed by atoms with E-state index in [9.17, 15) is 9.59 Å². The molecule has 5 nitrogen and oxygen atoms in total. The molecule has 1 fully saturated rings. The third kappa shape index (κ3) is 2.86. The zero-order valence-electron chi connectivity index (χ0n) is 13.0. The molecule has 24 heavy (non-hydrogen) atoms. The fourth-order valence-electron chi connectivity index (χ4n) is 2.38. The average Bonchev–Trinajstić information content (AvgIpc) is 2.92. The Bertz CT molecular complexity index is 901. The average molecular weight is 360 g/mol. The molecule has 2 amide bonds. The molecule has 1 saturated heterocycles. The molecule has 0 saturated carbocycles. The zero-order valence-corrected chi connectivity index (χ0v) is 14.6. The molecule has 1 aromatic carbocycles. The van der Waals surface area contributed by atoms with Crippen LogP contribution < -0.4 is 10.2 Å². The summed E-state index contributed by atoms with van der Waals surface area (Å²) in [5.74, 6) is -0.995. The number of hydrogen-bond acceptors (Lipinski definition) is 3. The van der Waals surface area contributed by atoms with E-state index in [2.05, 4.69) is 5.32 Å².